The second-order valence-electron chi connectivity index (χ2n) is 13.5. The lowest BCUT2D eigenvalue weighted by molar-refractivity contribution is -0.192. The molecule has 0 amide bonds. The van der Waals surface area contributed by atoms with E-state index in [4.69, 9.17) is 24.7 Å². The molecule has 5 aromatic rings. The second-order valence-corrected chi connectivity index (χ2v) is 13.5. The lowest BCUT2D eigenvalue weighted by Crippen LogP contribution is -2.46. The molecule has 3 aromatic carbocycles. The molecular weight excluding hydrogens is 716 g/mol. The molecular formula is C38H43F2N9O6. The smallest absolute Gasteiger partial charge is 0.350 e. The number of benzene rings is 3. The van der Waals surface area contributed by atoms with E-state index in [2.05, 4.69) is 25.0 Å². The number of hydrogen-bond acceptors (Lipinski definition) is 12. The van der Waals surface area contributed by atoms with Crippen molar-refractivity contribution in [1.82, 2.24) is 29.1 Å². The lowest BCUT2D eigenvalue weighted by atomic mass is 10.0. The van der Waals surface area contributed by atoms with Crippen LogP contribution in [0.2, 0.25) is 0 Å². The van der Waals surface area contributed by atoms with Crippen molar-refractivity contribution in [2.45, 2.75) is 50.8 Å². The van der Waals surface area contributed by atoms with Gasteiger partial charge in [0.2, 0.25) is 5.79 Å². The van der Waals surface area contributed by atoms with Gasteiger partial charge in [0.25, 0.3) is 0 Å². The molecule has 2 N–H and O–H groups in total. The van der Waals surface area contributed by atoms with Gasteiger partial charge in [0, 0.05) is 55.7 Å². The Morgan fingerprint density at radius 1 is 0.945 bits per heavy atom. The zero-order valence-corrected chi connectivity index (χ0v) is 30.5. The first-order valence-corrected chi connectivity index (χ1v) is 18.1. The molecule has 4 atom stereocenters. The number of ether oxygens (including phenoxy) is 4. The molecule has 1 unspecified atom stereocenters. The van der Waals surface area contributed by atoms with E-state index in [0.29, 0.717) is 11.4 Å². The third-order valence-corrected chi connectivity index (χ3v) is 9.87. The van der Waals surface area contributed by atoms with E-state index in [0.717, 1.165) is 49.7 Å². The van der Waals surface area contributed by atoms with Crippen LogP contribution in [0.25, 0.3) is 5.69 Å². The van der Waals surface area contributed by atoms with Gasteiger partial charge in [-0.25, -0.2) is 32.5 Å². The number of carbonyl (C=O) groups is 1. The number of nitrogens with zero attached hydrogens (tertiary/aromatic N) is 8. The second kappa shape index (κ2) is 16.4. The molecule has 0 radical (unpaired) electrons. The van der Waals surface area contributed by atoms with E-state index in [9.17, 15) is 18.4 Å². The molecule has 0 aliphatic carbocycles. The Labute approximate surface area is 315 Å². The monoisotopic (exact) mass is 759 g/mol. The third kappa shape index (κ3) is 8.38. The SMILES string of the molecule is CC(OC(=O)CCN)[C@H](C)n1ncn(-c2ccc(N3CCN(c4ccc(OC[C@H]5CO[C@](Cn6cncn6)(c6ccc(F)cc6F)O5)cc4)CC3)cc2)c1=O. The standard InChI is InChI=1S/C38H43F2N9O6/c1-26(27(2)54-36(50)13-14-41)49-37(51)48(25-44-49)31-6-4-29(5-7-31)45-15-17-46(18-16-45)30-8-10-32(11-9-30)52-20-33-21-53-38(55-33,22-47-24-42-23-43-47)34-12-3-28(39)19-35(34)40/h3-12,19,23-27,33H,13-18,20-22,41H2,1-2H3/t26-,27?,33-,38-/m0/s1. The van der Waals surface area contributed by atoms with Crippen LogP contribution in [-0.2, 0) is 31.3 Å². The van der Waals surface area contributed by atoms with Crippen molar-refractivity contribution in [2.24, 2.45) is 5.73 Å². The number of piperazine rings is 1. The van der Waals surface area contributed by atoms with E-state index in [1.165, 1.54) is 39.0 Å². The predicted molar refractivity (Wildman–Crippen MR) is 197 cm³/mol. The van der Waals surface area contributed by atoms with Crippen molar-refractivity contribution < 1.29 is 32.5 Å². The van der Waals surface area contributed by atoms with Crippen molar-refractivity contribution in [3.8, 4) is 11.4 Å². The van der Waals surface area contributed by atoms with E-state index in [1.807, 2.05) is 48.5 Å². The number of carbonyl (C=O) groups excluding carboxylic acids is 1. The fourth-order valence-corrected chi connectivity index (χ4v) is 6.73. The van der Waals surface area contributed by atoms with E-state index >= 15 is 0 Å². The quantitative estimate of drug-likeness (QED) is 0.165. The Morgan fingerprint density at radius 2 is 1.62 bits per heavy atom. The first kappa shape index (κ1) is 37.7. The van der Waals surface area contributed by atoms with Gasteiger partial charge in [0.05, 0.1) is 24.8 Å². The summed E-state index contributed by atoms with van der Waals surface area (Å²) in [5.74, 6) is -2.77. The van der Waals surface area contributed by atoms with Crippen molar-refractivity contribution >= 4 is 17.3 Å². The van der Waals surface area contributed by atoms with Crippen molar-refractivity contribution in [3.05, 3.63) is 113 Å². The normalized spacial score (nSPS) is 19.7. The first-order chi connectivity index (χ1) is 26.6. The first-order valence-electron chi connectivity index (χ1n) is 18.1. The average Bonchev–Trinajstić information content (AvgIpc) is 3.95. The van der Waals surface area contributed by atoms with Gasteiger partial charge in [0.15, 0.2) is 0 Å². The molecule has 15 nitrogen and oxygen atoms in total. The molecule has 290 valence electrons. The number of aromatic nitrogens is 6. The highest BCUT2D eigenvalue weighted by molar-refractivity contribution is 5.69. The van der Waals surface area contributed by atoms with Gasteiger partial charge in [-0.15, -0.1) is 0 Å². The molecule has 0 spiro atoms. The number of nitrogens with two attached hydrogens (primary N) is 1. The highest BCUT2D eigenvalue weighted by atomic mass is 19.1. The fraction of sp³-hybridized carbons (Fsp3) is 0.395. The highest BCUT2D eigenvalue weighted by Crippen LogP contribution is 2.38. The number of anilines is 2. The van der Waals surface area contributed by atoms with E-state index in [-0.39, 0.29) is 44.0 Å². The summed E-state index contributed by atoms with van der Waals surface area (Å²) in [7, 11) is 0. The zero-order valence-electron chi connectivity index (χ0n) is 30.5. The molecule has 4 heterocycles. The van der Waals surface area contributed by atoms with Crippen LogP contribution >= 0.6 is 0 Å². The molecule has 2 fully saturated rings. The van der Waals surface area contributed by atoms with Crippen LogP contribution in [0.5, 0.6) is 5.75 Å². The summed E-state index contributed by atoms with van der Waals surface area (Å²) in [5.41, 5.74) is 7.97. The highest BCUT2D eigenvalue weighted by Gasteiger charge is 2.46. The number of halogens is 2. The molecule has 7 rings (SSSR count). The molecule has 2 aliphatic heterocycles. The van der Waals surface area contributed by atoms with Crippen LogP contribution in [0.1, 0.15) is 31.9 Å². The predicted octanol–water partition coefficient (Wildman–Crippen LogP) is 3.42. The Bertz CT molecular complexity index is 2100. The molecule has 17 heteroatoms. The maximum absolute atomic E-state index is 14.9. The van der Waals surface area contributed by atoms with Crippen LogP contribution in [-0.4, -0.2) is 93.2 Å². The molecule has 0 bridgehead atoms. The number of esters is 1. The Balaban J connectivity index is 0.906. The lowest BCUT2D eigenvalue weighted by Gasteiger charge is -2.37. The molecule has 0 saturated carbocycles. The Kier molecular flexibility index (Phi) is 11.2. The average molecular weight is 760 g/mol. The minimum absolute atomic E-state index is 0.0186. The summed E-state index contributed by atoms with van der Waals surface area (Å²) in [5, 5.41) is 8.38. The van der Waals surface area contributed by atoms with Crippen LogP contribution in [0.15, 0.2) is 90.5 Å². The molecule has 2 aliphatic rings. The third-order valence-electron chi connectivity index (χ3n) is 9.87. The summed E-state index contributed by atoms with van der Waals surface area (Å²) in [4.78, 5) is 33.6. The minimum atomic E-state index is -1.53. The van der Waals surface area contributed by atoms with Crippen LogP contribution < -0.4 is 26.0 Å². The summed E-state index contributed by atoms with van der Waals surface area (Å²) in [6.07, 6.45) is 3.34. The van der Waals surface area contributed by atoms with Gasteiger partial charge in [-0.3, -0.25) is 4.79 Å². The minimum Gasteiger partial charge on any atom is -0.491 e. The van der Waals surface area contributed by atoms with Gasteiger partial charge in [0.1, 0.15) is 61.7 Å². The Morgan fingerprint density at radius 3 is 2.25 bits per heavy atom. The van der Waals surface area contributed by atoms with E-state index < -0.39 is 41.6 Å². The van der Waals surface area contributed by atoms with Gasteiger partial charge in [-0.1, -0.05) is 0 Å². The number of hydrogen-bond donors (Lipinski definition) is 1. The maximum atomic E-state index is 14.9. The summed E-state index contributed by atoms with van der Waals surface area (Å²) >= 11 is 0. The van der Waals surface area contributed by atoms with Gasteiger partial charge >= 0.3 is 11.7 Å². The fourth-order valence-electron chi connectivity index (χ4n) is 6.73. The zero-order chi connectivity index (χ0) is 38.5. The van der Waals surface area contributed by atoms with Crippen LogP contribution in [0.3, 0.4) is 0 Å². The topological polar surface area (TPSA) is 157 Å². The summed E-state index contributed by atoms with van der Waals surface area (Å²) in [6, 6.07) is 18.4. The van der Waals surface area contributed by atoms with Crippen LogP contribution in [0, 0.1) is 11.6 Å². The van der Waals surface area contributed by atoms with Crippen molar-refractivity contribution in [2.75, 3.05) is 55.7 Å². The molecule has 2 saturated heterocycles. The van der Waals surface area contributed by atoms with Gasteiger partial charge in [-0.05, 0) is 74.5 Å². The molecule has 2 aromatic heterocycles. The van der Waals surface area contributed by atoms with Crippen molar-refractivity contribution in [3.63, 3.8) is 0 Å². The van der Waals surface area contributed by atoms with Gasteiger partial charge < -0.3 is 34.5 Å². The summed E-state index contributed by atoms with van der Waals surface area (Å²) < 4.78 is 56.6. The van der Waals surface area contributed by atoms with E-state index in [1.54, 1.807) is 13.8 Å². The Hall–Kier alpha value is -5.65. The van der Waals surface area contributed by atoms with Gasteiger partial charge in [-0.2, -0.15) is 10.2 Å². The van der Waals surface area contributed by atoms with Crippen molar-refractivity contribution in [1.29, 1.82) is 0 Å². The maximum Gasteiger partial charge on any atom is 0.350 e. The largest absolute Gasteiger partial charge is 0.491 e. The van der Waals surface area contributed by atoms with Crippen LogP contribution in [0.4, 0.5) is 20.2 Å². The molecule has 55 heavy (non-hydrogen) atoms. The number of rotatable bonds is 14. The summed E-state index contributed by atoms with van der Waals surface area (Å²) in [6.45, 7) is 7.23.